The summed E-state index contributed by atoms with van der Waals surface area (Å²) in [6, 6.07) is 0. The molecule has 0 aliphatic heterocycles. The minimum Gasteiger partial charge on any atom is -0.299 e. The van der Waals surface area contributed by atoms with E-state index >= 15 is 0 Å². The van der Waals surface area contributed by atoms with Crippen molar-refractivity contribution in [2.45, 2.75) is 31.4 Å². The van der Waals surface area contributed by atoms with Crippen LogP contribution in [-0.4, -0.2) is 11.5 Å². The number of halogens is 1. The van der Waals surface area contributed by atoms with E-state index in [1.54, 1.807) is 0 Å². The molecule has 0 aromatic carbocycles. The number of Topliss-reactive ketones (excluding diaryl/α,β-unsaturated/α-hetero) is 1. The zero-order valence-electron chi connectivity index (χ0n) is 6.35. The highest BCUT2D eigenvalue weighted by Gasteiger charge is 2.62. The molecule has 2 unspecified atom stereocenters. The summed E-state index contributed by atoms with van der Waals surface area (Å²) in [6.07, 6.45) is 2.80. The second-order valence-corrected chi connectivity index (χ2v) is 4.41. The smallest absolute Gasteiger partial charge is 0.139 e. The van der Waals surface area contributed by atoms with Gasteiger partial charge in [-0.05, 0) is 31.6 Å². The summed E-state index contributed by atoms with van der Waals surface area (Å²) in [5.41, 5.74) is -0.913. The van der Waals surface area contributed by atoms with E-state index in [1.165, 1.54) is 0 Å². The lowest BCUT2D eigenvalue weighted by molar-refractivity contribution is -0.129. The number of carbonyl (C=O) groups is 1. The minimum atomic E-state index is -0.913. The molecular formula is C9H11FO. The standard InChI is InChI=1S/C9H11FO/c10-9-3-5-1-7(9)2-6(4-9)8(5)11/h5-7H,1-4H2/t5-,6+,7?,9?. The fourth-order valence-electron chi connectivity index (χ4n) is 3.37. The van der Waals surface area contributed by atoms with E-state index in [2.05, 4.69) is 0 Å². The highest BCUT2D eigenvalue weighted by atomic mass is 19.1. The van der Waals surface area contributed by atoms with Gasteiger partial charge in [0.2, 0.25) is 0 Å². The average Bonchev–Trinajstić information content (AvgIpc) is 2.31. The van der Waals surface area contributed by atoms with Crippen LogP contribution in [0, 0.1) is 17.8 Å². The first-order chi connectivity index (χ1) is 5.19. The SMILES string of the molecule is O=C1[C@@H]2CC3C[C@H]1CC3(F)C2. The third-order valence-corrected chi connectivity index (χ3v) is 3.85. The van der Waals surface area contributed by atoms with E-state index in [-0.39, 0.29) is 17.8 Å². The monoisotopic (exact) mass is 154 g/mol. The summed E-state index contributed by atoms with van der Waals surface area (Å²) in [5.74, 6) is 0.831. The van der Waals surface area contributed by atoms with Crippen LogP contribution in [0.3, 0.4) is 0 Å². The molecule has 4 rings (SSSR count). The second kappa shape index (κ2) is 1.52. The van der Waals surface area contributed by atoms with Gasteiger partial charge in [0.15, 0.2) is 0 Å². The van der Waals surface area contributed by atoms with Crippen molar-refractivity contribution in [3.05, 3.63) is 0 Å². The van der Waals surface area contributed by atoms with Crippen molar-refractivity contribution in [1.29, 1.82) is 0 Å². The van der Waals surface area contributed by atoms with Gasteiger partial charge in [0.1, 0.15) is 11.5 Å². The summed E-state index contributed by atoms with van der Waals surface area (Å²) in [7, 11) is 0. The van der Waals surface area contributed by atoms with Crippen molar-refractivity contribution in [1.82, 2.24) is 0 Å². The average molecular weight is 154 g/mol. The van der Waals surface area contributed by atoms with Crippen LogP contribution in [0.25, 0.3) is 0 Å². The molecule has 0 N–H and O–H groups in total. The molecule has 0 aromatic rings. The van der Waals surface area contributed by atoms with E-state index in [0.29, 0.717) is 18.6 Å². The van der Waals surface area contributed by atoms with Crippen molar-refractivity contribution in [2.24, 2.45) is 17.8 Å². The maximum atomic E-state index is 13.8. The molecule has 60 valence electrons. The molecule has 4 fully saturated rings. The Hall–Kier alpha value is -0.400. The lowest BCUT2D eigenvalue weighted by atomic mass is 9.80. The van der Waals surface area contributed by atoms with Gasteiger partial charge in [-0.15, -0.1) is 0 Å². The van der Waals surface area contributed by atoms with E-state index in [0.717, 1.165) is 12.8 Å². The Labute approximate surface area is 65.0 Å². The Morgan fingerprint density at radius 1 is 1.27 bits per heavy atom. The first kappa shape index (κ1) is 6.15. The van der Waals surface area contributed by atoms with Gasteiger partial charge in [0.05, 0.1) is 0 Å². The predicted molar refractivity (Wildman–Crippen MR) is 37.8 cm³/mol. The maximum absolute atomic E-state index is 13.8. The third kappa shape index (κ3) is 0.555. The van der Waals surface area contributed by atoms with Gasteiger partial charge in [0.25, 0.3) is 0 Å². The molecule has 4 aliphatic carbocycles. The highest BCUT2D eigenvalue weighted by molar-refractivity contribution is 5.86. The molecule has 0 amide bonds. The Morgan fingerprint density at radius 2 is 1.82 bits per heavy atom. The lowest BCUT2D eigenvalue weighted by Gasteiger charge is -2.24. The summed E-state index contributed by atoms with van der Waals surface area (Å²) in [6.45, 7) is 0. The maximum Gasteiger partial charge on any atom is 0.139 e. The molecular weight excluding hydrogens is 143 g/mol. The van der Waals surface area contributed by atoms with Crippen LogP contribution >= 0.6 is 0 Å². The number of hydrogen-bond donors (Lipinski definition) is 0. The van der Waals surface area contributed by atoms with Crippen LogP contribution in [0.15, 0.2) is 0 Å². The molecule has 4 saturated carbocycles. The van der Waals surface area contributed by atoms with Crippen LogP contribution in [0.5, 0.6) is 0 Å². The van der Waals surface area contributed by atoms with E-state index in [9.17, 15) is 9.18 Å². The van der Waals surface area contributed by atoms with Crippen LogP contribution in [0.4, 0.5) is 4.39 Å². The lowest BCUT2D eigenvalue weighted by Crippen LogP contribution is -2.30. The van der Waals surface area contributed by atoms with E-state index < -0.39 is 5.67 Å². The number of carbonyl (C=O) groups excluding carboxylic acids is 1. The van der Waals surface area contributed by atoms with E-state index in [4.69, 9.17) is 0 Å². The topological polar surface area (TPSA) is 17.1 Å². The normalized spacial score (nSPS) is 59.4. The molecule has 1 nitrogen and oxygen atoms in total. The van der Waals surface area contributed by atoms with Crippen molar-refractivity contribution in [3.8, 4) is 0 Å². The Morgan fingerprint density at radius 3 is 2.27 bits per heavy atom. The summed E-state index contributed by atoms with van der Waals surface area (Å²) < 4.78 is 13.8. The minimum absolute atomic E-state index is 0.109. The Balaban J connectivity index is 2.08. The van der Waals surface area contributed by atoms with Gasteiger partial charge in [-0.3, -0.25) is 4.79 Å². The van der Waals surface area contributed by atoms with Crippen LogP contribution in [0.1, 0.15) is 25.7 Å². The molecule has 0 radical (unpaired) electrons. The number of hydrogen-bond acceptors (Lipinski definition) is 1. The van der Waals surface area contributed by atoms with Crippen molar-refractivity contribution in [2.75, 3.05) is 0 Å². The van der Waals surface area contributed by atoms with Gasteiger partial charge in [-0.1, -0.05) is 0 Å². The fraction of sp³-hybridized carbons (Fsp3) is 0.889. The summed E-state index contributed by atoms with van der Waals surface area (Å²) >= 11 is 0. The molecule has 11 heavy (non-hydrogen) atoms. The van der Waals surface area contributed by atoms with Crippen molar-refractivity contribution >= 4 is 5.78 Å². The van der Waals surface area contributed by atoms with Gasteiger partial charge < -0.3 is 0 Å². The van der Waals surface area contributed by atoms with Crippen LogP contribution in [-0.2, 0) is 4.79 Å². The van der Waals surface area contributed by atoms with E-state index in [1.807, 2.05) is 0 Å². The number of alkyl halides is 1. The summed E-state index contributed by atoms with van der Waals surface area (Å²) in [5, 5.41) is 0. The molecule has 4 atom stereocenters. The quantitative estimate of drug-likeness (QED) is 0.519. The van der Waals surface area contributed by atoms with Crippen molar-refractivity contribution < 1.29 is 9.18 Å². The molecule has 2 heteroatoms. The molecule has 0 aromatic heterocycles. The molecule has 0 heterocycles. The first-order valence-corrected chi connectivity index (χ1v) is 4.42. The van der Waals surface area contributed by atoms with Crippen LogP contribution < -0.4 is 0 Å². The number of ketones is 1. The van der Waals surface area contributed by atoms with Gasteiger partial charge >= 0.3 is 0 Å². The van der Waals surface area contributed by atoms with Gasteiger partial charge in [-0.25, -0.2) is 4.39 Å². The fourth-order valence-corrected chi connectivity index (χ4v) is 3.37. The predicted octanol–water partition coefficient (Wildman–Crippen LogP) is 1.71. The zero-order chi connectivity index (χ0) is 7.64. The second-order valence-electron chi connectivity index (χ2n) is 4.41. The third-order valence-electron chi connectivity index (χ3n) is 3.85. The molecule has 0 spiro atoms. The Kier molecular flexibility index (Phi) is 0.851. The van der Waals surface area contributed by atoms with Crippen LogP contribution in [0.2, 0.25) is 0 Å². The van der Waals surface area contributed by atoms with Crippen molar-refractivity contribution in [3.63, 3.8) is 0 Å². The van der Waals surface area contributed by atoms with Gasteiger partial charge in [0, 0.05) is 11.8 Å². The first-order valence-electron chi connectivity index (χ1n) is 4.42. The zero-order valence-corrected chi connectivity index (χ0v) is 6.35. The van der Waals surface area contributed by atoms with Gasteiger partial charge in [-0.2, -0.15) is 0 Å². The summed E-state index contributed by atoms with van der Waals surface area (Å²) in [4.78, 5) is 11.4. The Bertz CT molecular complexity index is 218. The molecule has 4 aliphatic rings. The number of rotatable bonds is 0. The molecule has 4 bridgehead atoms. The highest BCUT2D eigenvalue weighted by Crippen LogP contribution is 2.60. The molecule has 0 saturated heterocycles. The largest absolute Gasteiger partial charge is 0.299 e.